The SMILES string of the molecule is CC(N)CC(=O)N1CCN(CCOc2ccc(Cl)cc2)CC1. The van der Waals surface area contributed by atoms with E-state index in [0.29, 0.717) is 18.1 Å². The summed E-state index contributed by atoms with van der Waals surface area (Å²) in [6.45, 7) is 6.66. The number of piperazine rings is 1. The molecule has 1 aromatic carbocycles. The first kappa shape index (κ1) is 17.1. The van der Waals surface area contributed by atoms with Gasteiger partial charge in [-0.1, -0.05) is 11.6 Å². The van der Waals surface area contributed by atoms with Crippen LogP contribution in [0.25, 0.3) is 0 Å². The van der Waals surface area contributed by atoms with Crippen molar-refractivity contribution < 1.29 is 9.53 Å². The summed E-state index contributed by atoms with van der Waals surface area (Å²) in [7, 11) is 0. The Balaban J connectivity index is 1.65. The number of benzene rings is 1. The van der Waals surface area contributed by atoms with Crippen LogP contribution in [0.5, 0.6) is 5.75 Å². The Kier molecular flexibility index (Phi) is 6.49. The monoisotopic (exact) mass is 325 g/mol. The van der Waals surface area contributed by atoms with E-state index in [1.54, 1.807) is 0 Å². The second kappa shape index (κ2) is 8.36. The van der Waals surface area contributed by atoms with Crippen LogP contribution in [-0.2, 0) is 4.79 Å². The second-order valence-electron chi connectivity index (χ2n) is 5.71. The number of nitrogens with zero attached hydrogens (tertiary/aromatic N) is 2. The molecule has 5 nitrogen and oxygen atoms in total. The van der Waals surface area contributed by atoms with Crippen molar-refractivity contribution in [2.75, 3.05) is 39.3 Å². The Morgan fingerprint density at radius 2 is 1.91 bits per heavy atom. The van der Waals surface area contributed by atoms with Crippen LogP contribution in [0.1, 0.15) is 13.3 Å². The lowest BCUT2D eigenvalue weighted by Gasteiger charge is -2.35. The van der Waals surface area contributed by atoms with E-state index in [0.717, 1.165) is 38.5 Å². The molecule has 1 aromatic rings. The molecule has 2 rings (SSSR count). The third-order valence-electron chi connectivity index (χ3n) is 3.71. The van der Waals surface area contributed by atoms with E-state index < -0.39 is 0 Å². The van der Waals surface area contributed by atoms with Gasteiger partial charge in [-0.2, -0.15) is 0 Å². The number of hydrogen-bond donors (Lipinski definition) is 1. The molecule has 1 unspecified atom stereocenters. The minimum atomic E-state index is -0.0710. The van der Waals surface area contributed by atoms with Crippen molar-refractivity contribution in [3.63, 3.8) is 0 Å². The fourth-order valence-electron chi connectivity index (χ4n) is 2.45. The van der Waals surface area contributed by atoms with Gasteiger partial charge < -0.3 is 15.4 Å². The highest BCUT2D eigenvalue weighted by molar-refractivity contribution is 6.30. The molecule has 2 N–H and O–H groups in total. The van der Waals surface area contributed by atoms with Crippen molar-refractivity contribution in [1.29, 1.82) is 0 Å². The first-order chi connectivity index (χ1) is 10.5. The van der Waals surface area contributed by atoms with Crippen LogP contribution >= 0.6 is 11.6 Å². The summed E-state index contributed by atoms with van der Waals surface area (Å²) in [5, 5.41) is 0.708. The smallest absolute Gasteiger partial charge is 0.224 e. The predicted molar refractivity (Wildman–Crippen MR) is 88.2 cm³/mol. The normalized spacial score (nSPS) is 17.3. The number of amides is 1. The van der Waals surface area contributed by atoms with Gasteiger partial charge in [-0.25, -0.2) is 0 Å². The maximum Gasteiger partial charge on any atom is 0.224 e. The number of nitrogens with two attached hydrogens (primary N) is 1. The Labute approximate surface area is 137 Å². The quantitative estimate of drug-likeness (QED) is 0.863. The Bertz CT molecular complexity index is 471. The van der Waals surface area contributed by atoms with Gasteiger partial charge in [0.05, 0.1) is 0 Å². The molecule has 1 aliphatic rings. The highest BCUT2D eigenvalue weighted by atomic mass is 35.5. The van der Waals surface area contributed by atoms with Gasteiger partial charge >= 0.3 is 0 Å². The molecule has 22 heavy (non-hydrogen) atoms. The zero-order valence-electron chi connectivity index (χ0n) is 13.0. The third-order valence-corrected chi connectivity index (χ3v) is 3.96. The van der Waals surface area contributed by atoms with Crippen molar-refractivity contribution >= 4 is 17.5 Å². The highest BCUT2D eigenvalue weighted by Crippen LogP contribution is 2.15. The maximum absolute atomic E-state index is 11.9. The van der Waals surface area contributed by atoms with Gasteiger partial charge in [-0.15, -0.1) is 0 Å². The van der Waals surface area contributed by atoms with Gasteiger partial charge in [-0.05, 0) is 31.2 Å². The van der Waals surface area contributed by atoms with Crippen molar-refractivity contribution in [3.05, 3.63) is 29.3 Å². The lowest BCUT2D eigenvalue weighted by molar-refractivity contribution is -0.133. The van der Waals surface area contributed by atoms with Gasteiger partial charge in [-0.3, -0.25) is 9.69 Å². The molecule has 0 bridgehead atoms. The number of carbonyl (C=O) groups excluding carboxylic acids is 1. The van der Waals surface area contributed by atoms with E-state index in [2.05, 4.69) is 4.90 Å². The predicted octanol–water partition coefficient (Wildman–Crippen LogP) is 1.60. The average Bonchev–Trinajstić information content (AvgIpc) is 2.49. The zero-order valence-corrected chi connectivity index (χ0v) is 13.8. The lowest BCUT2D eigenvalue weighted by atomic mass is 10.2. The maximum atomic E-state index is 11.9. The molecule has 1 amide bonds. The molecule has 0 aliphatic carbocycles. The van der Waals surface area contributed by atoms with Crippen LogP contribution in [-0.4, -0.2) is 61.1 Å². The van der Waals surface area contributed by atoms with Crippen LogP contribution in [0.15, 0.2) is 24.3 Å². The van der Waals surface area contributed by atoms with Gasteiger partial charge in [0.15, 0.2) is 0 Å². The molecule has 0 spiro atoms. The summed E-state index contributed by atoms with van der Waals surface area (Å²) < 4.78 is 5.69. The van der Waals surface area contributed by atoms with Crippen LogP contribution in [0, 0.1) is 0 Å². The van der Waals surface area contributed by atoms with E-state index in [1.807, 2.05) is 36.1 Å². The highest BCUT2D eigenvalue weighted by Gasteiger charge is 2.21. The number of halogens is 1. The molecule has 1 fully saturated rings. The summed E-state index contributed by atoms with van der Waals surface area (Å²) in [5.74, 6) is 0.988. The van der Waals surface area contributed by atoms with E-state index in [1.165, 1.54) is 0 Å². The van der Waals surface area contributed by atoms with Gasteiger partial charge in [0.25, 0.3) is 0 Å². The van der Waals surface area contributed by atoms with Gasteiger partial charge in [0.1, 0.15) is 12.4 Å². The topological polar surface area (TPSA) is 58.8 Å². The molecule has 1 aliphatic heterocycles. The molecular formula is C16H24ClN3O2. The molecule has 0 aromatic heterocycles. The molecule has 6 heteroatoms. The minimum Gasteiger partial charge on any atom is -0.492 e. The first-order valence-corrected chi connectivity index (χ1v) is 8.06. The lowest BCUT2D eigenvalue weighted by Crippen LogP contribution is -2.50. The van der Waals surface area contributed by atoms with E-state index in [-0.39, 0.29) is 11.9 Å². The van der Waals surface area contributed by atoms with E-state index in [9.17, 15) is 4.79 Å². The molecule has 122 valence electrons. The summed E-state index contributed by atoms with van der Waals surface area (Å²) >= 11 is 5.83. The molecule has 1 saturated heterocycles. The Morgan fingerprint density at radius 3 is 2.50 bits per heavy atom. The van der Waals surface area contributed by atoms with Crippen molar-refractivity contribution in [3.8, 4) is 5.75 Å². The van der Waals surface area contributed by atoms with Crippen molar-refractivity contribution in [2.24, 2.45) is 5.73 Å². The number of hydrogen-bond acceptors (Lipinski definition) is 4. The van der Waals surface area contributed by atoms with E-state index >= 15 is 0 Å². The van der Waals surface area contributed by atoms with Crippen LogP contribution in [0.2, 0.25) is 5.02 Å². The number of rotatable bonds is 6. The minimum absolute atomic E-state index is 0.0710. The van der Waals surface area contributed by atoms with E-state index in [4.69, 9.17) is 22.1 Å². The third kappa shape index (κ3) is 5.48. The van der Waals surface area contributed by atoms with Crippen LogP contribution < -0.4 is 10.5 Å². The van der Waals surface area contributed by atoms with Crippen molar-refractivity contribution in [2.45, 2.75) is 19.4 Å². The fraction of sp³-hybridized carbons (Fsp3) is 0.562. The standard InChI is InChI=1S/C16H24ClN3O2/c1-13(18)12-16(21)20-8-6-19(7-9-20)10-11-22-15-4-2-14(17)3-5-15/h2-5,13H,6-12,18H2,1H3. The van der Waals surface area contributed by atoms with Gasteiger partial charge in [0, 0.05) is 50.2 Å². The largest absolute Gasteiger partial charge is 0.492 e. The van der Waals surface area contributed by atoms with Crippen LogP contribution in [0.3, 0.4) is 0 Å². The molecular weight excluding hydrogens is 302 g/mol. The van der Waals surface area contributed by atoms with Crippen LogP contribution in [0.4, 0.5) is 0 Å². The van der Waals surface area contributed by atoms with Gasteiger partial charge in [0.2, 0.25) is 5.91 Å². The average molecular weight is 326 g/mol. The summed E-state index contributed by atoms with van der Waals surface area (Å²) in [5.41, 5.74) is 5.67. The summed E-state index contributed by atoms with van der Waals surface area (Å²) in [6, 6.07) is 7.30. The molecule has 1 heterocycles. The zero-order chi connectivity index (χ0) is 15.9. The number of carbonyl (C=O) groups is 1. The Hall–Kier alpha value is -1.30. The first-order valence-electron chi connectivity index (χ1n) is 7.68. The Morgan fingerprint density at radius 1 is 1.27 bits per heavy atom. The molecule has 0 radical (unpaired) electrons. The number of ether oxygens (including phenoxy) is 1. The fourth-order valence-corrected chi connectivity index (χ4v) is 2.57. The summed E-state index contributed by atoms with van der Waals surface area (Å²) in [4.78, 5) is 16.1. The second-order valence-corrected chi connectivity index (χ2v) is 6.14. The van der Waals surface area contributed by atoms with Crippen molar-refractivity contribution in [1.82, 2.24) is 9.80 Å². The summed E-state index contributed by atoms with van der Waals surface area (Å²) in [6.07, 6.45) is 0.430. The molecule has 0 saturated carbocycles. The molecule has 1 atom stereocenters.